The number of benzene rings is 2. The van der Waals surface area contributed by atoms with Gasteiger partial charge >= 0.3 is 0 Å². The normalized spacial score (nSPS) is 11.1. The molecule has 0 saturated heterocycles. The largest absolute Gasteiger partial charge is 0.492 e. The second kappa shape index (κ2) is 11.1. The highest BCUT2D eigenvalue weighted by molar-refractivity contribution is 7.14. The van der Waals surface area contributed by atoms with Gasteiger partial charge in [0, 0.05) is 24.1 Å². The summed E-state index contributed by atoms with van der Waals surface area (Å²) in [6.07, 6.45) is 2.83. The molecule has 0 aliphatic rings. The molecule has 0 aliphatic carbocycles. The number of nitrogens with one attached hydrogen (secondary N) is 1. The number of amides is 2. The molecule has 0 spiro atoms. The van der Waals surface area contributed by atoms with Crippen molar-refractivity contribution in [2.24, 2.45) is 5.92 Å². The Morgan fingerprint density at radius 2 is 2.03 bits per heavy atom. The van der Waals surface area contributed by atoms with Crippen LogP contribution in [0.5, 0.6) is 5.75 Å². The van der Waals surface area contributed by atoms with Gasteiger partial charge in [-0.2, -0.15) is 0 Å². The van der Waals surface area contributed by atoms with Gasteiger partial charge in [0.15, 0.2) is 5.13 Å². The number of rotatable bonds is 8. The van der Waals surface area contributed by atoms with Gasteiger partial charge in [-0.3, -0.25) is 14.5 Å². The fourth-order valence-electron chi connectivity index (χ4n) is 2.79. The molecule has 0 radical (unpaired) electrons. The van der Waals surface area contributed by atoms with Crippen molar-refractivity contribution in [3.63, 3.8) is 0 Å². The highest BCUT2D eigenvalue weighted by Gasteiger charge is 2.20. The summed E-state index contributed by atoms with van der Waals surface area (Å²) in [5.41, 5.74) is 1.10. The predicted molar refractivity (Wildman–Crippen MR) is 131 cm³/mol. The number of para-hydroxylation sites is 1. The van der Waals surface area contributed by atoms with Gasteiger partial charge < -0.3 is 10.1 Å². The fourth-order valence-corrected chi connectivity index (χ4v) is 3.88. The third kappa shape index (κ3) is 6.63. The van der Waals surface area contributed by atoms with Crippen LogP contribution in [0.2, 0.25) is 5.02 Å². The zero-order valence-electron chi connectivity index (χ0n) is 18.3. The van der Waals surface area contributed by atoms with E-state index in [-0.39, 0.29) is 17.5 Å². The zero-order valence-corrected chi connectivity index (χ0v) is 19.9. The van der Waals surface area contributed by atoms with E-state index in [9.17, 15) is 14.0 Å². The minimum absolute atomic E-state index is 0.116. The van der Waals surface area contributed by atoms with E-state index in [0.29, 0.717) is 39.8 Å². The number of nitrogens with zero attached hydrogens (tertiary/aromatic N) is 2. The molecule has 0 bridgehead atoms. The SMILES string of the molecule is CC(=O)N(c1nc(C=CC(=O)Nc2ccc(OCC(C)C)c(Cl)c2)cs1)c1ccccc1F. The van der Waals surface area contributed by atoms with Crippen LogP contribution in [-0.4, -0.2) is 23.4 Å². The maximum Gasteiger partial charge on any atom is 0.248 e. The maximum absolute atomic E-state index is 14.2. The zero-order chi connectivity index (χ0) is 24.0. The first-order valence-corrected chi connectivity index (χ1v) is 11.4. The Morgan fingerprint density at radius 1 is 1.27 bits per heavy atom. The summed E-state index contributed by atoms with van der Waals surface area (Å²) >= 11 is 7.40. The lowest BCUT2D eigenvalue weighted by Crippen LogP contribution is -2.23. The number of aromatic nitrogens is 1. The molecule has 3 aromatic rings. The minimum Gasteiger partial charge on any atom is -0.492 e. The number of anilines is 3. The third-order valence-electron chi connectivity index (χ3n) is 4.29. The van der Waals surface area contributed by atoms with Crippen molar-refractivity contribution in [3.05, 3.63) is 70.5 Å². The number of hydrogen-bond acceptors (Lipinski definition) is 5. The first-order chi connectivity index (χ1) is 15.7. The molecule has 0 unspecified atom stereocenters. The fraction of sp³-hybridized carbons (Fsp3) is 0.208. The molecule has 1 heterocycles. The Hall–Kier alpha value is -3.23. The third-order valence-corrected chi connectivity index (χ3v) is 5.43. The van der Waals surface area contributed by atoms with E-state index in [1.54, 1.807) is 35.7 Å². The van der Waals surface area contributed by atoms with Crippen LogP contribution in [-0.2, 0) is 9.59 Å². The van der Waals surface area contributed by atoms with E-state index in [2.05, 4.69) is 10.3 Å². The molecule has 0 fully saturated rings. The molecule has 1 N–H and O–H groups in total. The molecule has 3 rings (SSSR count). The molecular weight excluding hydrogens is 465 g/mol. The quantitative estimate of drug-likeness (QED) is 0.378. The molecular formula is C24H23ClFN3O3S. The van der Waals surface area contributed by atoms with E-state index in [1.807, 2.05) is 13.8 Å². The highest BCUT2D eigenvalue weighted by atomic mass is 35.5. The van der Waals surface area contributed by atoms with E-state index in [4.69, 9.17) is 16.3 Å². The lowest BCUT2D eigenvalue weighted by Gasteiger charge is -2.18. The molecule has 2 aromatic carbocycles. The van der Waals surface area contributed by atoms with Gasteiger partial charge in [-0.1, -0.05) is 37.6 Å². The standard InChI is InChI=1S/C24H23ClFN3O3S/c1-15(2)13-32-22-10-8-17(12-19(22)25)27-23(31)11-9-18-14-33-24(28-18)29(16(3)30)21-7-5-4-6-20(21)26/h4-12,14-15H,13H2,1-3H3,(H,27,31). The average Bonchev–Trinajstić information content (AvgIpc) is 3.21. The lowest BCUT2D eigenvalue weighted by atomic mass is 10.2. The van der Waals surface area contributed by atoms with Gasteiger partial charge in [0.2, 0.25) is 11.8 Å². The Balaban J connectivity index is 1.67. The number of carbonyl (C=O) groups is 2. The van der Waals surface area contributed by atoms with Crippen LogP contribution < -0.4 is 15.0 Å². The Labute approximate surface area is 200 Å². The van der Waals surface area contributed by atoms with Crippen LogP contribution in [0.3, 0.4) is 0 Å². The van der Waals surface area contributed by atoms with Crippen LogP contribution in [0.1, 0.15) is 26.5 Å². The second-order valence-corrected chi connectivity index (χ2v) is 8.78. The van der Waals surface area contributed by atoms with Gasteiger partial charge in [0.25, 0.3) is 0 Å². The summed E-state index contributed by atoms with van der Waals surface area (Å²) in [7, 11) is 0. The van der Waals surface area contributed by atoms with Crippen molar-refractivity contribution in [1.82, 2.24) is 4.98 Å². The highest BCUT2D eigenvalue weighted by Crippen LogP contribution is 2.31. The molecule has 0 saturated carbocycles. The lowest BCUT2D eigenvalue weighted by molar-refractivity contribution is -0.116. The Morgan fingerprint density at radius 3 is 2.70 bits per heavy atom. The van der Waals surface area contributed by atoms with Gasteiger partial charge in [0.05, 0.1) is 23.0 Å². The summed E-state index contributed by atoms with van der Waals surface area (Å²) in [6, 6.07) is 11.0. The summed E-state index contributed by atoms with van der Waals surface area (Å²) in [5, 5.41) is 5.10. The van der Waals surface area contributed by atoms with Crippen molar-refractivity contribution < 1.29 is 18.7 Å². The molecule has 2 amide bonds. The van der Waals surface area contributed by atoms with Gasteiger partial charge in [0.1, 0.15) is 11.6 Å². The molecule has 172 valence electrons. The monoisotopic (exact) mass is 487 g/mol. The number of hydrogen-bond donors (Lipinski definition) is 1. The van der Waals surface area contributed by atoms with Crippen LogP contribution in [0, 0.1) is 11.7 Å². The van der Waals surface area contributed by atoms with Crippen LogP contribution >= 0.6 is 22.9 Å². The number of ether oxygens (including phenoxy) is 1. The molecule has 9 heteroatoms. The first kappa shape index (κ1) is 24.4. The van der Waals surface area contributed by atoms with Crippen molar-refractivity contribution in [2.75, 3.05) is 16.8 Å². The first-order valence-electron chi connectivity index (χ1n) is 10.2. The summed E-state index contributed by atoms with van der Waals surface area (Å²) in [6.45, 7) is 5.96. The molecule has 0 atom stereocenters. The number of halogens is 2. The van der Waals surface area contributed by atoms with Crippen molar-refractivity contribution in [3.8, 4) is 5.75 Å². The van der Waals surface area contributed by atoms with Crippen molar-refractivity contribution in [2.45, 2.75) is 20.8 Å². The molecule has 0 aliphatic heterocycles. The molecule has 6 nitrogen and oxygen atoms in total. The summed E-state index contributed by atoms with van der Waals surface area (Å²) in [5.74, 6) is -0.363. The van der Waals surface area contributed by atoms with Crippen molar-refractivity contribution in [1.29, 1.82) is 0 Å². The van der Waals surface area contributed by atoms with Gasteiger partial charge in [-0.05, 0) is 42.3 Å². The molecule has 1 aromatic heterocycles. The average molecular weight is 488 g/mol. The van der Waals surface area contributed by atoms with E-state index >= 15 is 0 Å². The van der Waals surface area contributed by atoms with Crippen molar-refractivity contribution >= 4 is 57.3 Å². The summed E-state index contributed by atoms with van der Waals surface area (Å²) in [4.78, 5) is 30.0. The predicted octanol–water partition coefficient (Wildman–Crippen LogP) is 6.31. The topological polar surface area (TPSA) is 71.5 Å². The smallest absolute Gasteiger partial charge is 0.248 e. The van der Waals surface area contributed by atoms with E-state index < -0.39 is 5.82 Å². The second-order valence-electron chi connectivity index (χ2n) is 7.53. The summed E-state index contributed by atoms with van der Waals surface area (Å²) < 4.78 is 19.8. The number of thiazole rings is 1. The molecule has 33 heavy (non-hydrogen) atoms. The maximum atomic E-state index is 14.2. The van der Waals surface area contributed by atoms with Gasteiger partial charge in [-0.25, -0.2) is 9.37 Å². The van der Waals surface area contributed by atoms with Crippen LogP contribution in [0.15, 0.2) is 53.9 Å². The Kier molecular flexibility index (Phi) is 8.19. The minimum atomic E-state index is -0.529. The number of carbonyl (C=O) groups excluding carboxylic acids is 2. The van der Waals surface area contributed by atoms with Gasteiger partial charge in [-0.15, -0.1) is 11.3 Å². The Bertz CT molecular complexity index is 1180. The van der Waals surface area contributed by atoms with E-state index in [1.165, 1.54) is 47.4 Å². The van der Waals surface area contributed by atoms with Crippen LogP contribution in [0.25, 0.3) is 6.08 Å². The van der Waals surface area contributed by atoms with Crippen LogP contribution in [0.4, 0.5) is 20.9 Å². The van der Waals surface area contributed by atoms with E-state index in [0.717, 1.165) is 0 Å².